The first-order valence-corrected chi connectivity index (χ1v) is 12.7. The molecule has 1 saturated heterocycles. The van der Waals surface area contributed by atoms with Crippen LogP contribution in [-0.4, -0.2) is 42.7 Å². The quantitative estimate of drug-likeness (QED) is 0.298. The number of halogens is 4. The second kappa shape index (κ2) is 9.64. The Hall–Kier alpha value is -3.11. The first-order valence-electron chi connectivity index (χ1n) is 12.3. The highest BCUT2D eigenvalue weighted by molar-refractivity contribution is 6.30. The summed E-state index contributed by atoms with van der Waals surface area (Å²) in [6, 6.07) is 4.78. The maximum atomic E-state index is 15.0. The molecule has 3 aromatic heterocycles. The van der Waals surface area contributed by atoms with Gasteiger partial charge in [0, 0.05) is 34.9 Å². The van der Waals surface area contributed by atoms with Crippen molar-refractivity contribution in [3.05, 3.63) is 64.2 Å². The van der Waals surface area contributed by atoms with E-state index in [1.165, 1.54) is 12.1 Å². The van der Waals surface area contributed by atoms with Crippen LogP contribution in [-0.2, 0) is 11.2 Å². The molecule has 0 amide bonds. The molecule has 11 heteroatoms. The van der Waals surface area contributed by atoms with Gasteiger partial charge in [0.25, 0.3) is 0 Å². The Labute approximate surface area is 216 Å². The van der Waals surface area contributed by atoms with E-state index < -0.39 is 18.7 Å². The minimum atomic E-state index is -2.58. The molecule has 37 heavy (non-hydrogen) atoms. The molecule has 2 fully saturated rings. The van der Waals surface area contributed by atoms with Crippen molar-refractivity contribution in [2.24, 2.45) is 0 Å². The first-order chi connectivity index (χ1) is 17.9. The van der Waals surface area contributed by atoms with Crippen molar-refractivity contribution < 1.29 is 17.9 Å². The Kier molecular flexibility index (Phi) is 6.32. The Morgan fingerprint density at radius 2 is 1.97 bits per heavy atom. The van der Waals surface area contributed by atoms with Crippen LogP contribution in [0.25, 0.3) is 22.4 Å². The molecule has 4 aromatic rings. The van der Waals surface area contributed by atoms with Crippen molar-refractivity contribution in [3.8, 4) is 11.3 Å². The van der Waals surface area contributed by atoms with Gasteiger partial charge in [0.15, 0.2) is 5.65 Å². The summed E-state index contributed by atoms with van der Waals surface area (Å²) < 4.78 is 49.4. The van der Waals surface area contributed by atoms with E-state index >= 15 is 4.39 Å². The van der Waals surface area contributed by atoms with Gasteiger partial charge in [-0.15, -0.1) is 0 Å². The summed E-state index contributed by atoms with van der Waals surface area (Å²) in [4.78, 5) is 18.3. The predicted molar refractivity (Wildman–Crippen MR) is 131 cm³/mol. The smallest absolute Gasteiger partial charge is 0.244 e. The topological polar surface area (TPSA) is 78.6 Å². The molecule has 0 bridgehead atoms. The van der Waals surface area contributed by atoms with Crippen molar-refractivity contribution in [3.63, 3.8) is 0 Å². The molecular formula is C26H24ClF3N6O. The van der Waals surface area contributed by atoms with Crippen LogP contribution in [0.3, 0.4) is 0 Å². The number of alkyl halides is 2. The predicted octanol–water partition coefficient (Wildman–Crippen LogP) is 6.16. The standard InChI is InChI=1S/C26H24ClF3N6O/c1-13-20(10-22(29)30)33-26-24(32-13)23(18-5-2-16(27)9-19(18)28)34-25(35-26)14-6-7-37-21(8-14)15-11-31-36(12-15)17-3-4-17/h2,5,9,11-12,14,17,21-22H,3-4,6-8,10H2,1H3/t14-,21+/m0/s1. The molecule has 7 nitrogen and oxygen atoms in total. The minimum absolute atomic E-state index is 0.108. The highest BCUT2D eigenvalue weighted by atomic mass is 35.5. The largest absolute Gasteiger partial charge is 0.373 e. The van der Waals surface area contributed by atoms with Crippen molar-refractivity contribution >= 4 is 22.8 Å². The van der Waals surface area contributed by atoms with E-state index in [4.69, 9.17) is 21.3 Å². The molecule has 0 unspecified atom stereocenters. The van der Waals surface area contributed by atoms with E-state index in [1.54, 1.807) is 13.0 Å². The number of ether oxygens (including phenoxy) is 1. The van der Waals surface area contributed by atoms with Gasteiger partial charge in [0.2, 0.25) is 6.43 Å². The second-order valence-electron chi connectivity index (χ2n) is 9.64. The Bertz CT molecular complexity index is 1470. The number of aryl methyl sites for hydroxylation is 1. The van der Waals surface area contributed by atoms with Gasteiger partial charge in [-0.25, -0.2) is 33.1 Å². The van der Waals surface area contributed by atoms with Gasteiger partial charge in [-0.3, -0.25) is 4.68 Å². The summed E-state index contributed by atoms with van der Waals surface area (Å²) >= 11 is 5.98. The number of nitrogens with zero attached hydrogens (tertiary/aromatic N) is 6. The molecule has 2 atom stereocenters. The third kappa shape index (κ3) is 4.92. The zero-order valence-electron chi connectivity index (χ0n) is 20.0. The monoisotopic (exact) mass is 528 g/mol. The maximum Gasteiger partial charge on any atom is 0.244 e. The molecule has 1 aromatic carbocycles. The van der Waals surface area contributed by atoms with Crippen molar-refractivity contribution in [1.29, 1.82) is 0 Å². The van der Waals surface area contributed by atoms with Crippen LogP contribution in [0.5, 0.6) is 0 Å². The maximum absolute atomic E-state index is 15.0. The zero-order valence-corrected chi connectivity index (χ0v) is 20.8. The number of benzene rings is 1. The molecule has 1 saturated carbocycles. The zero-order chi connectivity index (χ0) is 25.7. The van der Waals surface area contributed by atoms with E-state index in [1.807, 2.05) is 17.1 Å². The molecule has 1 aliphatic carbocycles. The number of aromatic nitrogens is 6. The molecule has 1 aliphatic heterocycles. The molecule has 2 aliphatic rings. The van der Waals surface area contributed by atoms with Gasteiger partial charge in [-0.1, -0.05) is 11.6 Å². The first kappa shape index (κ1) is 24.2. The van der Waals surface area contributed by atoms with Gasteiger partial charge in [-0.05, 0) is 50.8 Å². The van der Waals surface area contributed by atoms with Crippen LogP contribution in [0.2, 0.25) is 5.02 Å². The lowest BCUT2D eigenvalue weighted by Gasteiger charge is -2.28. The Morgan fingerprint density at radius 1 is 1.14 bits per heavy atom. The highest BCUT2D eigenvalue weighted by Crippen LogP contribution is 2.40. The third-order valence-electron chi connectivity index (χ3n) is 6.92. The SMILES string of the molecule is Cc1nc2c(-c3ccc(Cl)cc3F)nc([C@H]3CCO[C@@H](c4cnn(C5CC5)c4)C3)nc2nc1CC(F)F. The highest BCUT2D eigenvalue weighted by Gasteiger charge is 2.31. The van der Waals surface area contributed by atoms with Gasteiger partial charge in [0.1, 0.15) is 22.9 Å². The van der Waals surface area contributed by atoms with E-state index in [-0.39, 0.29) is 45.2 Å². The molecule has 4 heterocycles. The van der Waals surface area contributed by atoms with Crippen LogP contribution >= 0.6 is 11.6 Å². The second-order valence-corrected chi connectivity index (χ2v) is 10.1. The minimum Gasteiger partial charge on any atom is -0.373 e. The van der Waals surface area contributed by atoms with Gasteiger partial charge in [-0.2, -0.15) is 5.10 Å². The number of fused-ring (bicyclic) bond motifs is 1. The molecule has 0 N–H and O–H groups in total. The fraction of sp³-hybridized carbons (Fsp3) is 0.423. The van der Waals surface area contributed by atoms with Gasteiger partial charge >= 0.3 is 0 Å². The molecule has 192 valence electrons. The van der Waals surface area contributed by atoms with E-state index in [9.17, 15) is 8.78 Å². The summed E-state index contributed by atoms with van der Waals surface area (Å²) in [7, 11) is 0. The molecular weight excluding hydrogens is 505 g/mol. The van der Waals surface area contributed by atoms with Crippen molar-refractivity contribution in [2.45, 2.75) is 63.5 Å². The van der Waals surface area contributed by atoms with Crippen LogP contribution in [0, 0.1) is 12.7 Å². The number of hydrogen-bond donors (Lipinski definition) is 0. The van der Waals surface area contributed by atoms with Crippen LogP contribution in [0.15, 0.2) is 30.6 Å². The molecule has 0 radical (unpaired) electrons. The van der Waals surface area contributed by atoms with Crippen LogP contribution in [0.4, 0.5) is 13.2 Å². The fourth-order valence-electron chi connectivity index (χ4n) is 4.79. The average molecular weight is 529 g/mol. The number of rotatable bonds is 6. The normalized spacial score (nSPS) is 20.2. The summed E-state index contributed by atoms with van der Waals surface area (Å²) in [5, 5.41) is 4.73. The van der Waals surface area contributed by atoms with E-state index in [0.29, 0.717) is 37.0 Å². The lowest BCUT2D eigenvalue weighted by molar-refractivity contribution is 0.00396. The summed E-state index contributed by atoms with van der Waals surface area (Å²) in [5.41, 5.74) is 2.37. The lowest BCUT2D eigenvalue weighted by Crippen LogP contribution is -2.20. The van der Waals surface area contributed by atoms with E-state index in [2.05, 4.69) is 20.1 Å². The Morgan fingerprint density at radius 3 is 2.73 bits per heavy atom. The summed E-state index contributed by atoms with van der Waals surface area (Å²) in [6.45, 7) is 2.09. The Balaban J connectivity index is 1.42. The van der Waals surface area contributed by atoms with Crippen LogP contribution in [0.1, 0.15) is 66.5 Å². The summed E-state index contributed by atoms with van der Waals surface area (Å²) in [5.74, 6) is -0.212. The molecule has 6 rings (SSSR count). The van der Waals surface area contributed by atoms with E-state index in [0.717, 1.165) is 18.4 Å². The van der Waals surface area contributed by atoms with Crippen molar-refractivity contribution in [1.82, 2.24) is 29.7 Å². The van der Waals surface area contributed by atoms with Crippen molar-refractivity contribution in [2.75, 3.05) is 6.61 Å². The lowest BCUT2D eigenvalue weighted by atomic mass is 9.92. The van der Waals surface area contributed by atoms with Crippen LogP contribution < -0.4 is 0 Å². The fourth-order valence-corrected chi connectivity index (χ4v) is 4.95. The molecule has 0 spiro atoms. The average Bonchev–Trinajstić information content (AvgIpc) is 3.60. The number of hydrogen-bond acceptors (Lipinski definition) is 6. The third-order valence-corrected chi connectivity index (χ3v) is 7.15. The van der Waals surface area contributed by atoms with Gasteiger partial charge < -0.3 is 4.74 Å². The van der Waals surface area contributed by atoms with Gasteiger partial charge in [0.05, 0.1) is 36.2 Å². The summed E-state index contributed by atoms with van der Waals surface area (Å²) in [6.07, 6.45) is 4.11.